The molecule has 0 radical (unpaired) electrons. The second kappa shape index (κ2) is 6.69. The monoisotopic (exact) mass is 295 g/mol. The summed E-state index contributed by atoms with van der Waals surface area (Å²) in [5.41, 5.74) is -0.401. The molecule has 1 heterocycles. The van der Waals surface area contributed by atoms with Crippen LogP contribution in [0.2, 0.25) is 0 Å². The van der Waals surface area contributed by atoms with Crippen molar-refractivity contribution >= 4 is 11.9 Å². The second-order valence-electron chi connectivity index (χ2n) is 5.81. The number of nitrogens with one attached hydrogen (secondary N) is 1. The molecule has 116 valence electrons. The number of carboxylic acids is 1. The Morgan fingerprint density at radius 2 is 2.00 bits per heavy atom. The molecule has 0 aromatic carbocycles. The van der Waals surface area contributed by atoms with Gasteiger partial charge in [0.05, 0.1) is 13.0 Å². The third-order valence-corrected chi connectivity index (χ3v) is 3.99. The molecule has 0 saturated heterocycles. The number of carbonyl (C=O) groups is 2. The Kier molecular flexibility index (Phi) is 4.93. The molecule has 21 heavy (non-hydrogen) atoms. The predicted molar refractivity (Wildman–Crippen MR) is 73.3 cm³/mol. The largest absolute Gasteiger partial charge is 0.481 e. The van der Waals surface area contributed by atoms with Crippen LogP contribution in [-0.2, 0) is 16.1 Å². The molecule has 2 rings (SSSR count). The highest BCUT2D eigenvalue weighted by molar-refractivity contribution is 5.78. The fourth-order valence-corrected chi connectivity index (χ4v) is 3.03. The average molecular weight is 295 g/mol. The fourth-order valence-electron chi connectivity index (χ4n) is 3.03. The van der Waals surface area contributed by atoms with Crippen LogP contribution in [0.15, 0.2) is 4.52 Å². The Labute approximate surface area is 123 Å². The number of aryl methyl sites for hydroxylation is 1. The summed E-state index contributed by atoms with van der Waals surface area (Å²) in [7, 11) is 0. The van der Waals surface area contributed by atoms with E-state index in [2.05, 4.69) is 15.5 Å². The molecule has 0 bridgehead atoms. The Hall–Kier alpha value is -1.92. The van der Waals surface area contributed by atoms with E-state index < -0.39 is 11.4 Å². The fraction of sp³-hybridized carbons (Fsp3) is 0.714. The highest BCUT2D eigenvalue weighted by Gasteiger charge is 2.36. The van der Waals surface area contributed by atoms with Gasteiger partial charge in [-0.15, -0.1) is 0 Å². The van der Waals surface area contributed by atoms with Gasteiger partial charge in [-0.1, -0.05) is 24.4 Å². The lowest BCUT2D eigenvalue weighted by Gasteiger charge is -2.35. The van der Waals surface area contributed by atoms with E-state index in [0.717, 1.165) is 32.1 Å². The Balaban J connectivity index is 1.89. The summed E-state index contributed by atoms with van der Waals surface area (Å²) in [6.07, 6.45) is 5.00. The lowest BCUT2D eigenvalue weighted by molar-refractivity contribution is -0.141. The number of hydrogen-bond acceptors (Lipinski definition) is 5. The average Bonchev–Trinajstić information content (AvgIpc) is 2.82. The van der Waals surface area contributed by atoms with Crippen molar-refractivity contribution in [2.24, 2.45) is 5.41 Å². The first-order valence-electron chi connectivity index (χ1n) is 7.27. The Bertz CT molecular complexity index is 506. The number of aromatic nitrogens is 2. The van der Waals surface area contributed by atoms with Crippen molar-refractivity contribution in [1.82, 2.24) is 15.5 Å². The highest BCUT2D eigenvalue weighted by atomic mass is 16.5. The van der Waals surface area contributed by atoms with Crippen LogP contribution in [0.5, 0.6) is 0 Å². The van der Waals surface area contributed by atoms with Crippen LogP contribution in [0, 0.1) is 12.3 Å². The molecule has 1 amide bonds. The van der Waals surface area contributed by atoms with E-state index in [4.69, 9.17) is 9.63 Å². The molecule has 1 aromatic rings. The number of hydrogen-bond donors (Lipinski definition) is 2. The zero-order valence-electron chi connectivity index (χ0n) is 12.2. The molecule has 0 atom stereocenters. The van der Waals surface area contributed by atoms with Gasteiger partial charge in [0.15, 0.2) is 5.82 Å². The summed E-state index contributed by atoms with van der Waals surface area (Å²) >= 11 is 0. The molecule has 1 aliphatic carbocycles. The van der Waals surface area contributed by atoms with E-state index >= 15 is 0 Å². The summed E-state index contributed by atoms with van der Waals surface area (Å²) in [6.45, 7) is 1.89. The van der Waals surface area contributed by atoms with Crippen molar-refractivity contribution in [3.8, 4) is 0 Å². The molecule has 0 aliphatic heterocycles. The quantitative estimate of drug-likeness (QED) is 0.829. The predicted octanol–water partition coefficient (Wildman–Crippen LogP) is 1.81. The molecule has 2 N–H and O–H groups in total. The number of aliphatic carboxylic acids is 1. The summed E-state index contributed by atoms with van der Waals surface area (Å²) in [5.74, 6) is -0.107. The van der Waals surface area contributed by atoms with E-state index in [1.807, 2.05) is 0 Å². The van der Waals surface area contributed by atoms with E-state index in [0.29, 0.717) is 11.7 Å². The first kappa shape index (κ1) is 15.5. The molecule has 7 heteroatoms. The standard InChI is InChI=1S/C14H21N3O4/c1-10-16-11(17-21-10)9-15-12(18)7-14(8-13(19)20)5-3-2-4-6-14/h2-9H2,1H3,(H,15,18)(H,19,20). The van der Waals surface area contributed by atoms with Gasteiger partial charge in [-0.2, -0.15) is 4.98 Å². The molecular formula is C14H21N3O4. The number of carboxylic acid groups (broad SMARTS) is 1. The van der Waals surface area contributed by atoms with Crippen LogP contribution in [0.4, 0.5) is 0 Å². The van der Waals surface area contributed by atoms with Crippen molar-refractivity contribution in [1.29, 1.82) is 0 Å². The lowest BCUT2D eigenvalue weighted by atomic mass is 9.69. The van der Waals surface area contributed by atoms with E-state index in [1.165, 1.54) is 0 Å². The molecule has 7 nitrogen and oxygen atoms in total. The topological polar surface area (TPSA) is 105 Å². The Morgan fingerprint density at radius 1 is 1.29 bits per heavy atom. The van der Waals surface area contributed by atoms with Crippen molar-refractivity contribution in [2.45, 2.75) is 58.4 Å². The van der Waals surface area contributed by atoms with Crippen LogP contribution >= 0.6 is 0 Å². The van der Waals surface area contributed by atoms with Gasteiger partial charge >= 0.3 is 5.97 Å². The first-order valence-corrected chi connectivity index (χ1v) is 7.27. The molecule has 1 saturated carbocycles. The van der Waals surface area contributed by atoms with Crippen LogP contribution in [0.3, 0.4) is 0 Å². The van der Waals surface area contributed by atoms with Crippen LogP contribution < -0.4 is 5.32 Å². The maximum absolute atomic E-state index is 12.1. The third-order valence-electron chi connectivity index (χ3n) is 3.99. The minimum absolute atomic E-state index is 0.0573. The van der Waals surface area contributed by atoms with E-state index in [9.17, 15) is 9.59 Å². The molecule has 1 aromatic heterocycles. The molecular weight excluding hydrogens is 274 g/mol. The molecule has 1 fully saturated rings. The van der Waals surface area contributed by atoms with Crippen LogP contribution in [0.25, 0.3) is 0 Å². The summed E-state index contributed by atoms with van der Waals surface area (Å²) < 4.78 is 4.83. The van der Waals surface area contributed by atoms with Crippen LogP contribution in [-0.4, -0.2) is 27.1 Å². The van der Waals surface area contributed by atoms with Crippen molar-refractivity contribution in [3.63, 3.8) is 0 Å². The maximum Gasteiger partial charge on any atom is 0.303 e. The minimum Gasteiger partial charge on any atom is -0.481 e. The van der Waals surface area contributed by atoms with Gasteiger partial charge in [-0.3, -0.25) is 9.59 Å². The highest BCUT2D eigenvalue weighted by Crippen LogP contribution is 2.42. The number of rotatable bonds is 6. The van der Waals surface area contributed by atoms with Gasteiger partial charge in [-0.05, 0) is 18.3 Å². The minimum atomic E-state index is -0.835. The number of carbonyl (C=O) groups excluding carboxylic acids is 1. The van der Waals surface area contributed by atoms with Gasteiger partial charge in [0.25, 0.3) is 0 Å². The molecule has 0 spiro atoms. The normalized spacial score (nSPS) is 17.4. The molecule has 0 unspecified atom stereocenters. The zero-order valence-corrected chi connectivity index (χ0v) is 12.2. The first-order chi connectivity index (χ1) is 9.99. The summed E-state index contributed by atoms with van der Waals surface area (Å²) in [6, 6.07) is 0. The van der Waals surface area contributed by atoms with Gasteiger partial charge < -0.3 is 14.9 Å². The number of nitrogens with zero attached hydrogens (tertiary/aromatic N) is 2. The van der Waals surface area contributed by atoms with E-state index in [1.54, 1.807) is 6.92 Å². The van der Waals surface area contributed by atoms with Crippen molar-refractivity contribution in [3.05, 3.63) is 11.7 Å². The maximum atomic E-state index is 12.1. The van der Waals surface area contributed by atoms with Crippen LogP contribution in [0.1, 0.15) is 56.7 Å². The zero-order chi connectivity index (χ0) is 15.3. The Morgan fingerprint density at radius 3 is 2.57 bits per heavy atom. The van der Waals surface area contributed by atoms with Gasteiger partial charge in [0, 0.05) is 13.3 Å². The smallest absolute Gasteiger partial charge is 0.303 e. The SMILES string of the molecule is Cc1nc(CNC(=O)CC2(CC(=O)O)CCCCC2)no1. The lowest BCUT2D eigenvalue weighted by Crippen LogP contribution is -2.35. The van der Waals surface area contributed by atoms with Crippen molar-refractivity contribution < 1.29 is 19.2 Å². The third kappa shape index (κ3) is 4.54. The number of amides is 1. The van der Waals surface area contributed by atoms with Crippen molar-refractivity contribution in [2.75, 3.05) is 0 Å². The van der Waals surface area contributed by atoms with Gasteiger partial charge in [-0.25, -0.2) is 0 Å². The molecule has 1 aliphatic rings. The second-order valence-corrected chi connectivity index (χ2v) is 5.81. The van der Waals surface area contributed by atoms with Gasteiger partial charge in [0.2, 0.25) is 11.8 Å². The summed E-state index contributed by atoms with van der Waals surface area (Å²) in [4.78, 5) is 27.2. The summed E-state index contributed by atoms with van der Waals surface area (Å²) in [5, 5.41) is 15.5. The van der Waals surface area contributed by atoms with Gasteiger partial charge in [0.1, 0.15) is 0 Å². The van der Waals surface area contributed by atoms with E-state index in [-0.39, 0.29) is 25.3 Å².